The van der Waals surface area contributed by atoms with E-state index in [4.69, 9.17) is 11.5 Å². The second kappa shape index (κ2) is 5.93. The number of rotatable bonds is 4. The number of amides is 1. The molecule has 1 heterocycles. The summed E-state index contributed by atoms with van der Waals surface area (Å²) in [5, 5.41) is 0. The molecule has 1 fully saturated rings. The van der Waals surface area contributed by atoms with E-state index in [9.17, 15) is 13.2 Å². The van der Waals surface area contributed by atoms with Crippen molar-refractivity contribution in [2.75, 3.05) is 30.0 Å². The molecule has 0 bridgehead atoms. The zero-order chi connectivity index (χ0) is 15.6. The molecule has 2 rings (SSSR count). The number of primary amides is 1. The van der Waals surface area contributed by atoms with Crippen molar-refractivity contribution in [3.63, 3.8) is 0 Å². The quantitative estimate of drug-likeness (QED) is 0.799. The van der Waals surface area contributed by atoms with Gasteiger partial charge in [-0.2, -0.15) is 0 Å². The van der Waals surface area contributed by atoms with Crippen molar-refractivity contribution in [2.24, 2.45) is 11.7 Å². The van der Waals surface area contributed by atoms with Crippen molar-refractivity contribution >= 4 is 27.1 Å². The van der Waals surface area contributed by atoms with Gasteiger partial charge in [0.05, 0.1) is 16.3 Å². The Labute approximate surface area is 125 Å². The summed E-state index contributed by atoms with van der Waals surface area (Å²) < 4.78 is 23.4. The van der Waals surface area contributed by atoms with Crippen LogP contribution in [0.4, 0.5) is 11.4 Å². The molecular formula is C14H21N3O3S. The van der Waals surface area contributed by atoms with Crippen molar-refractivity contribution in [2.45, 2.75) is 24.2 Å². The molecule has 0 atom stereocenters. The summed E-state index contributed by atoms with van der Waals surface area (Å²) in [7, 11) is -3.33. The first-order chi connectivity index (χ1) is 9.79. The second-order valence-corrected chi connectivity index (χ2v) is 7.55. The number of benzene rings is 1. The molecule has 6 nitrogen and oxygen atoms in total. The Morgan fingerprint density at radius 3 is 2.48 bits per heavy atom. The summed E-state index contributed by atoms with van der Waals surface area (Å²) >= 11 is 0. The maximum Gasteiger partial charge on any atom is 0.217 e. The van der Waals surface area contributed by atoms with E-state index in [-0.39, 0.29) is 10.8 Å². The number of para-hydroxylation sites is 1. The standard InChI is InChI=1S/C14H21N3O3S/c1-21(19,20)12-4-2-3-11(14(12)16)17-7-5-10(6-8-17)9-13(15)18/h2-4,10H,5-9,16H2,1H3,(H2,15,18). The Kier molecular flexibility index (Phi) is 4.41. The SMILES string of the molecule is CS(=O)(=O)c1cccc(N2CCC(CC(N)=O)CC2)c1N. The van der Waals surface area contributed by atoms with E-state index in [1.54, 1.807) is 6.07 Å². The van der Waals surface area contributed by atoms with Crippen LogP contribution in [0.25, 0.3) is 0 Å². The monoisotopic (exact) mass is 311 g/mol. The maximum absolute atomic E-state index is 11.7. The summed E-state index contributed by atoms with van der Waals surface area (Å²) in [6.07, 6.45) is 3.27. The van der Waals surface area contributed by atoms with Gasteiger partial charge < -0.3 is 16.4 Å². The third kappa shape index (κ3) is 3.66. The van der Waals surface area contributed by atoms with Gasteiger partial charge in [-0.3, -0.25) is 4.79 Å². The van der Waals surface area contributed by atoms with Crippen LogP contribution in [-0.2, 0) is 14.6 Å². The highest BCUT2D eigenvalue weighted by Crippen LogP contribution is 2.33. The summed E-state index contributed by atoms with van der Waals surface area (Å²) in [5.74, 6) is 0.0325. The fraction of sp³-hybridized carbons (Fsp3) is 0.500. The highest BCUT2D eigenvalue weighted by Gasteiger charge is 2.23. The lowest BCUT2D eigenvalue weighted by Gasteiger charge is -2.34. The number of anilines is 2. The van der Waals surface area contributed by atoms with Crippen LogP contribution in [0.15, 0.2) is 23.1 Å². The van der Waals surface area contributed by atoms with Gasteiger partial charge in [0.2, 0.25) is 5.91 Å². The number of hydrogen-bond donors (Lipinski definition) is 2. The fourth-order valence-electron chi connectivity index (χ4n) is 2.79. The van der Waals surface area contributed by atoms with Gasteiger partial charge >= 0.3 is 0 Å². The normalized spacial score (nSPS) is 16.9. The Morgan fingerprint density at radius 2 is 1.95 bits per heavy atom. The van der Waals surface area contributed by atoms with E-state index in [1.165, 1.54) is 6.07 Å². The van der Waals surface area contributed by atoms with Crippen molar-refractivity contribution in [1.29, 1.82) is 0 Å². The van der Waals surface area contributed by atoms with Crippen molar-refractivity contribution in [3.05, 3.63) is 18.2 Å². The van der Waals surface area contributed by atoms with E-state index >= 15 is 0 Å². The van der Waals surface area contributed by atoms with Gasteiger partial charge in [0, 0.05) is 25.8 Å². The Bertz CT molecular complexity index is 635. The zero-order valence-electron chi connectivity index (χ0n) is 12.1. The van der Waals surface area contributed by atoms with Crippen LogP contribution in [0.1, 0.15) is 19.3 Å². The van der Waals surface area contributed by atoms with Gasteiger partial charge in [-0.1, -0.05) is 6.07 Å². The Balaban J connectivity index is 2.16. The molecule has 1 saturated heterocycles. The van der Waals surface area contributed by atoms with Crippen molar-refractivity contribution in [3.8, 4) is 0 Å². The molecule has 1 aromatic rings. The van der Waals surface area contributed by atoms with Crippen LogP contribution in [0.3, 0.4) is 0 Å². The molecule has 0 saturated carbocycles. The first-order valence-corrected chi connectivity index (χ1v) is 8.80. The number of carbonyl (C=O) groups excluding carboxylic acids is 1. The Hall–Kier alpha value is -1.76. The maximum atomic E-state index is 11.7. The number of sulfone groups is 1. The molecule has 1 aromatic carbocycles. The number of nitrogens with two attached hydrogens (primary N) is 2. The lowest BCUT2D eigenvalue weighted by atomic mass is 9.93. The smallest absolute Gasteiger partial charge is 0.217 e. The predicted octanol–water partition coefficient (Wildman–Crippen LogP) is 0.764. The minimum Gasteiger partial charge on any atom is -0.396 e. The molecule has 7 heteroatoms. The average molecular weight is 311 g/mol. The fourth-order valence-corrected chi connectivity index (χ4v) is 3.62. The minimum atomic E-state index is -3.33. The van der Waals surface area contributed by atoms with Gasteiger partial charge in [-0.15, -0.1) is 0 Å². The van der Waals surface area contributed by atoms with E-state index in [1.807, 2.05) is 6.07 Å². The molecule has 0 radical (unpaired) electrons. The average Bonchev–Trinajstić information content (AvgIpc) is 2.38. The van der Waals surface area contributed by atoms with E-state index in [0.717, 1.165) is 37.9 Å². The van der Waals surface area contributed by atoms with Crippen LogP contribution in [0.5, 0.6) is 0 Å². The lowest BCUT2D eigenvalue weighted by Crippen LogP contribution is -2.35. The van der Waals surface area contributed by atoms with Gasteiger partial charge in [0.1, 0.15) is 0 Å². The first-order valence-electron chi connectivity index (χ1n) is 6.91. The predicted molar refractivity (Wildman–Crippen MR) is 82.7 cm³/mol. The number of carbonyl (C=O) groups is 1. The molecule has 0 aromatic heterocycles. The molecule has 1 amide bonds. The van der Waals surface area contributed by atoms with Crippen LogP contribution in [0.2, 0.25) is 0 Å². The third-order valence-electron chi connectivity index (χ3n) is 3.89. The number of nitrogens with zero attached hydrogens (tertiary/aromatic N) is 1. The van der Waals surface area contributed by atoms with E-state index in [2.05, 4.69) is 4.90 Å². The lowest BCUT2D eigenvalue weighted by molar-refractivity contribution is -0.119. The third-order valence-corrected chi connectivity index (χ3v) is 5.04. The molecule has 21 heavy (non-hydrogen) atoms. The summed E-state index contributed by atoms with van der Waals surface area (Å²) in [6.45, 7) is 1.49. The van der Waals surface area contributed by atoms with Gasteiger partial charge in [-0.05, 0) is 30.9 Å². The summed E-state index contributed by atoms with van der Waals surface area (Å²) in [5.41, 5.74) is 12.3. The van der Waals surface area contributed by atoms with Gasteiger partial charge in [0.15, 0.2) is 9.84 Å². The van der Waals surface area contributed by atoms with Crippen LogP contribution >= 0.6 is 0 Å². The zero-order valence-corrected chi connectivity index (χ0v) is 12.9. The largest absolute Gasteiger partial charge is 0.396 e. The number of nitrogen functional groups attached to an aromatic ring is 1. The topological polar surface area (TPSA) is 106 Å². The van der Waals surface area contributed by atoms with Crippen LogP contribution < -0.4 is 16.4 Å². The van der Waals surface area contributed by atoms with Crippen molar-refractivity contribution < 1.29 is 13.2 Å². The highest BCUT2D eigenvalue weighted by atomic mass is 32.2. The number of hydrogen-bond acceptors (Lipinski definition) is 5. The van der Waals surface area contributed by atoms with Crippen LogP contribution in [0, 0.1) is 5.92 Å². The van der Waals surface area contributed by atoms with Crippen molar-refractivity contribution in [1.82, 2.24) is 0 Å². The molecular weight excluding hydrogens is 290 g/mol. The van der Waals surface area contributed by atoms with Gasteiger partial charge in [-0.25, -0.2) is 8.42 Å². The second-order valence-electron chi connectivity index (χ2n) is 5.56. The molecule has 1 aliphatic heterocycles. The summed E-state index contributed by atoms with van der Waals surface area (Å²) in [6, 6.07) is 5.06. The highest BCUT2D eigenvalue weighted by molar-refractivity contribution is 7.90. The first kappa shape index (κ1) is 15.6. The van der Waals surface area contributed by atoms with Crippen LogP contribution in [-0.4, -0.2) is 33.7 Å². The molecule has 116 valence electrons. The van der Waals surface area contributed by atoms with Gasteiger partial charge in [0.25, 0.3) is 0 Å². The number of piperidine rings is 1. The Morgan fingerprint density at radius 1 is 1.33 bits per heavy atom. The molecule has 0 spiro atoms. The minimum absolute atomic E-state index is 0.166. The molecule has 1 aliphatic rings. The molecule has 0 aliphatic carbocycles. The van der Waals surface area contributed by atoms with E-state index < -0.39 is 9.84 Å². The molecule has 4 N–H and O–H groups in total. The molecule has 0 unspecified atom stereocenters. The van der Waals surface area contributed by atoms with E-state index in [0.29, 0.717) is 18.0 Å². The summed E-state index contributed by atoms with van der Waals surface area (Å²) in [4.78, 5) is 13.2.